The van der Waals surface area contributed by atoms with Gasteiger partial charge in [0, 0.05) is 42.8 Å². The van der Waals surface area contributed by atoms with Crippen molar-refractivity contribution in [3.05, 3.63) is 34.2 Å². The van der Waals surface area contributed by atoms with Gasteiger partial charge in [0.2, 0.25) is 0 Å². The van der Waals surface area contributed by atoms with Crippen LogP contribution in [0, 0.1) is 0 Å². The van der Waals surface area contributed by atoms with Crippen molar-refractivity contribution in [3.8, 4) is 0 Å². The number of aryl methyl sites for hydroxylation is 1. The van der Waals surface area contributed by atoms with E-state index in [1.54, 1.807) is 19.3 Å². The minimum absolute atomic E-state index is 0.0240. The lowest BCUT2D eigenvalue weighted by atomic mass is 10.1. The van der Waals surface area contributed by atoms with Crippen LogP contribution in [-0.4, -0.2) is 33.3 Å². The predicted octanol–water partition coefficient (Wildman–Crippen LogP) is 2.17. The number of carbonyl (C=O) groups is 1. The van der Waals surface area contributed by atoms with Crippen LogP contribution in [0.25, 0.3) is 0 Å². The summed E-state index contributed by atoms with van der Waals surface area (Å²) in [6, 6.07) is 3.48. The zero-order chi connectivity index (χ0) is 13.8. The van der Waals surface area contributed by atoms with E-state index in [9.17, 15) is 9.59 Å². The molecule has 0 aromatic carbocycles. The van der Waals surface area contributed by atoms with Gasteiger partial charge >= 0.3 is 0 Å². The van der Waals surface area contributed by atoms with Crippen LogP contribution in [-0.2, 0) is 7.05 Å². The maximum absolute atomic E-state index is 12.5. The van der Waals surface area contributed by atoms with Crippen LogP contribution in [0.4, 0.5) is 0 Å². The second-order valence-electron chi connectivity index (χ2n) is 4.99. The van der Waals surface area contributed by atoms with Crippen LogP contribution >= 0.6 is 15.9 Å². The second-order valence-corrected chi connectivity index (χ2v) is 5.78. The highest BCUT2D eigenvalue weighted by Gasteiger charge is 2.27. The van der Waals surface area contributed by atoms with Gasteiger partial charge in [-0.15, -0.1) is 0 Å². The van der Waals surface area contributed by atoms with Crippen LogP contribution in [0.1, 0.15) is 36.0 Å². The first-order chi connectivity index (χ1) is 9.13. The number of carbonyl (C=O) groups excluding carboxylic acids is 1. The largest absolute Gasteiger partial charge is 0.335 e. The molecule has 0 spiro atoms. The van der Waals surface area contributed by atoms with Crippen molar-refractivity contribution >= 4 is 21.8 Å². The molecule has 0 unspecified atom stereocenters. The summed E-state index contributed by atoms with van der Waals surface area (Å²) in [4.78, 5) is 26.1. The van der Waals surface area contributed by atoms with Gasteiger partial charge in [-0.2, -0.15) is 0 Å². The van der Waals surface area contributed by atoms with Crippen molar-refractivity contribution in [1.82, 2.24) is 9.47 Å². The molecule has 0 N–H and O–H groups in total. The second kappa shape index (κ2) is 6.37. The molecular weight excluding hydrogens is 308 g/mol. The van der Waals surface area contributed by atoms with E-state index in [0.717, 1.165) is 18.2 Å². The summed E-state index contributed by atoms with van der Waals surface area (Å²) in [5, 5.41) is 0.764. The quantitative estimate of drug-likeness (QED) is 0.796. The number of halogens is 1. The standard InChI is InChI=1S/C14H19BrN2O2/c1-16-8-6-11(10-13(16)18)14(19)17(9-7-15)12-4-2-3-5-12/h6,8,10,12H,2-5,7,9H2,1H3. The number of alkyl halides is 1. The highest BCUT2D eigenvalue weighted by molar-refractivity contribution is 9.09. The van der Waals surface area contributed by atoms with Gasteiger partial charge in [0.25, 0.3) is 11.5 Å². The molecule has 0 saturated heterocycles. The highest BCUT2D eigenvalue weighted by atomic mass is 79.9. The van der Waals surface area contributed by atoms with Gasteiger partial charge in [-0.1, -0.05) is 28.8 Å². The molecular formula is C14H19BrN2O2. The summed E-state index contributed by atoms with van der Waals surface area (Å²) in [7, 11) is 1.68. The van der Waals surface area contributed by atoms with Crippen LogP contribution in [0.2, 0.25) is 0 Å². The Morgan fingerprint density at radius 2 is 2.16 bits per heavy atom. The van der Waals surface area contributed by atoms with Gasteiger partial charge in [0.1, 0.15) is 0 Å². The third kappa shape index (κ3) is 3.26. The molecule has 0 aliphatic heterocycles. The average molecular weight is 327 g/mol. The smallest absolute Gasteiger partial charge is 0.254 e. The van der Waals surface area contributed by atoms with Gasteiger partial charge in [0.15, 0.2) is 0 Å². The zero-order valence-electron chi connectivity index (χ0n) is 11.1. The summed E-state index contributed by atoms with van der Waals surface area (Å²) in [6.45, 7) is 0.693. The van der Waals surface area contributed by atoms with E-state index in [1.165, 1.54) is 23.5 Å². The van der Waals surface area contributed by atoms with Crippen LogP contribution in [0.3, 0.4) is 0 Å². The molecule has 19 heavy (non-hydrogen) atoms. The van der Waals surface area contributed by atoms with Gasteiger partial charge in [-0.25, -0.2) is 0 Å². The fourth-order valence-electron chi connectivity index (χ4n) is 2.60. The first-order valence-corrected chi connectivity index (χ1v) is 7.79. The van der Waals surface area contributed by atoms with Crippen LogP contribution in [0.5, 0.6) is 0 Å². The Balaban J connectivity index is 2.22. The van der Waals surface area contributed by atoms with Crippen molar-refractivity contribution in [2.45, 2.75) is 31.7 Å². The van der Waals surface area contributed by atoms with Gasteiger partial charge in [-0.05, 0) is 18.9 Å². The highest BCUT2D eigenvalue weighted by Crippen LogP contribution is 2.24. The molecule has 5 heteroatoms. The topological polar surface area (TPSA) is 42.3 Å². The molecule has 0 radical (unpaired) electrons. The fourth-order valence-corrected chi connectivity index (χ4v) is 2.99. The Morgan fingerprint density at radius 1 is 1.47 bits per heavy atom. The normalized spacial score (nSPS) is 15.7. The number of aromatic nitrogens is 1. The lowest BCUT2D eigenvalue weighted by molar-refractivity contribution is 0.0696. The number of hydrogen-bond donors (Lipinski definition) is 0. The molecule has 1 aromatic rings. The Kier molecular flexibility index (Phi) is 4.80. The van der Waals surface area contributed by atoms with Gasteiger partial charge < -0.3 is 9.47 Å². The van der Waals surface area contributed by atoms with Crippen LogP contribution < -0.4 is 5.56 Å². The summed E-state index contributed by atoms with van der Waals surface area (Å²) < 4.78 is 1.47. The maximum atomic E-state index is 12.5. The van der Waals surface area contributed by atoms with Gasteiger partial charge in [0.05, 0.1) is 0 Å². The first kappa shape index (κ1) is 14.3. The zero-order valence-corrected chi connectivity index (χ0v) is 12.7. The summed E-state index contributed by atoms with van der Waals surface area (Å²) in [6.07, 6.45) is 6.17. The minimum Gasteiger partial charge on any atom is -0.335 e. The molecule has 1 fully saturated rings. The number of rotatable bonds is 4. The number of pyridine rings is 1. The molecule has 1 heterocycles. The van der Waals surface area contributed by atoms with Crippen LogP contribution in [0.15, 0.2) is 23.1 Å². The minimum atomic E-state index is -0.143. The third-order valence-corrected chi connectivity index (χ3v) is 4.06. The molecule has 1 amide bonds. The molecule has 4 nitrogen and oxygen atoms in total. The first-order valence-electron chi connectivity index (χ1n) is 6.67. The average Bonchev–Trinajstić information content (AvgIpc) is 2.92. The summed E-state index contributed by atoms with van der Waals surface area (Å²) >= 11 is 3.40. The Bertz CT molecular complexity index is 506. The van der Waals surface area contributed by atoms with E-state index in [0.29, 0.717) is 18.2 Å². The molecule has 1 aromatic heterocycles. The summed E-state index contributed by atoms with van der Waals surface area (Å²) in [5.74, 6) is -0.0240. The lowest BCUT2D eigenvalue weighted by Crippen LogP contribution is -2.40. The summed E-state index contributed by atoms with van der Waals surface area (Å²) in [5.41, 5.74) is 0.354. The Hall–Kier alpha value is -1.10. The predicted molar refractivity (Wildman–Crippen MR) is 78.8 cm³/mol. The number of nitrogens with zero attached hydrogens (tertiary/aromatic N) is 2. The third-order valence-electron chi connectivity index (χ3n) is 3.70. The van der Waals surface area contributed by atoms with Crippen molar-refractivity contribution in [3.63, 3.8) is 0 Å². The van der Waals surface area contributed by atoms with E-state index < -0.39 is 0 Å². The van der Waals surface area contributed by atoms with E-state index in [1.807, 2.05) is 4.90 Å². The number of amides is 1. The van der Waals surface area contributed by atoms with E-state index in [2.05, 4.69) is 15.9 Å². The molecule has 0 bridgehead atoms. The van der Waals surface area contributed by atoms with E-state index >= 15 is 0 Å². The van der Waals surface area contributed by atoms with Crippen molar-refractivity contribution in [1.29, 1.82) is 0 Å². The van der Waals surface area contributed by atoms with Crippen molar-refractivity contribution in [2.75, 3.05) is 11.9 Å². The van der Waals surface area contributed by atoms with Gasteiger partial charge in [-0.3, -0.25) is 9.59 Å². The molecule has 0 atom stereocenters. The molecule has 1 aliphatic carbocycles. The van der Waals surface area contributed by atoms with Crippen molar-refractivity contribution in [2.24, 2.45) is 7.05 Å². The molecule has 2 rings (SSSR count). The van der Waals surface area contributed by atoms with Crippen molar-refractivity contribution < 1.29 is 4.79 Å². The molecule has 104 valence electrons. The SMILES string of the molecule is Cn1ccc(C(=O)N(CCBr)C2CCCC2)cc1=O. The number of hydrogen-bond acceptors (Lipinski definition) is 2. The fraction of sp³-hybridized carbons (Fsp3) is 0.571. The monoisotopic (exact) mass is 326 g/mol. The maximum Gasteiger partial charge on any atom is 0.254 e. The molecule has 1 aliphatic rings. The Labute approximate surface area is 121 Å². The lowest BCUT2D eigenvalue weighted by Gasteiger charge is -2.28. The molecule has 1 saturated carbocycles. The Morgan fingerprint density at radius 3 is 2.74 bits per heavy atom. The van der Waals surface area contributed by atoms with E-state index in [-0.39, 0.29) is 11.5 Å². The van der Waals surface area contributed by atoms with E-state index in [4.69, 9.17) is 0 Å².